The quantitative estimate of drug-likeness (QED) is 0.478. The van der Waals surface area contributed by atoms with Gasteiger partial charge in [-0.15, -0.1) is 0 Å². The van der Waals surface area contributed by atoms with E-state index in [9.17, 15) is 4.79 Å². The van der Waals surface area contributed by atoms with Crippen LogP contribution < -0.4 is 5.73 Å². The van der Waals surface area contributed by atoms with Crippen LogP contribution in [-0.2, 0) is 0 Å². The van der Waals surface area contributed by atoms with Gasteiger partial charge in [0.1, 0.15) is 5.69 Å². The number of carbonyl (C=O) groups is 1. The van der Waals surface area contributed by atoms with E-state index in [1.54, 1.807) is 30.5 Å². The molecule has 0 amide bonds. The van der Waals surface area contributed by atoms with Gasteiger partial charge in [-0.3, -0.25) is 9.89 Å². The number of nitrogens with two attached hydrogens (primary N) is 1. The number of aromatic nitrogens is 2. The molecule has 0 spiro atoms. The minimum atomic E-state index is -0.190. The van der Waals surface area contributed by atoms with Gasteiger partial charge in [0, 0.05) is 28.4 Å². The molecule has 0 saturated heterocycles. The summed E-state index contributed by atoms with van der Waals surface area (Å²) in [6, 6.07) is 6.72. The van der Waals surface area contributed by atoms with Gasteiger partial charge in [-0.2, -0.15) is 5.10 Å². The zero-order valence-electron chi connectivity index (χ0n) is 8.31. The molecule has 0 aliphatic rings. The Hall–Kier alpha value is -2.01. The van der Waals surface area contributed by atoms with Crippen molar-refractivity contribution in [1.82, 2.24) is 10.2 Å². The fourth-order valence-corrected chi connectivity index (χ4v) is 1.70. The zero-order valence-corrected chi connectivity index (χ0v) is 9.12. The molecule has 16 heavy (non-hydrogen) atoms. The van der Waals surface area contributed by atoms with Gasteiger partial charge in [0.05, 0.1) is 0 Å². The molecule has 3 N–H and O–H groups in total. The van der Waals surface area contributed by atoms with Gasteiger partial charge in [0.15, 0.2) is 0 Å². The molecular formula is C11H9N3OS. The predicted octanol–water partition coefficient (Wildman–Crippen LogP) is 1.57. The first-order chi connectivity index (χ1) is 7.74. The molecule has 0 bridgehead atoms. The number of ketones is 1. The molecule has 1 heterocycles. The summed E-state index contributed by atoms with van der Waals surface area (Å²) in [4.78, 5) is 12.0. The monoisotopic (exact) mass is 231 g/mol. The summed E-state index contributed by atoms with van der Waals surface area (Å²) in [5.41, 5.74) is 7.64. The number of aromatic amines is 1. The predicted molar refractivity (Wildman–Crippen MR) is 65.6 cm³/mol. The van der Waals surface area contributed by atoms with Crippen molar-refractivity contribution in [3.8, 4) is 0 Å². The van der Waals surface area contributed by atoms with E-state index in [0.29, 0.717) is 22.5 Å². The van der Waals surface area contributed by atoms with Crippen LogP contribution in [-0.4, -0.2) is 21.3 Å². The summed E-state index contributed by atoms with van der Waals surface area (Å²) < 4.78 is 0. The minimum absolute atomic E-state index is 0.190. The molecule has 2 aromatic rings. The Bertz CT molecular complexity index is 534. The Morgan fingerprint density at radius 2 is 2.25 bits per heavy atom. The highest BCUT2D eigenvalue weighted by Gasteiger charge is 2.15. The summed E-state index contributed by atoms with van der Waals surface area (Å²) in [5, 5.41) is 7.84. The van der Waals surface area contributed by atoms with Crippen LogP contribution >= 0.6 is 12.2 Å². The Kier molecular flexibility index (Phi) is 2.78. The Balaban J connectivity index is 2.53. The van der Waals surface area contributed by atoms with E-state index in [0.717, 1.165) is 0 Å². The molecule has 4 nitrogen and oxygen atoms in total. The molecule has 0 radical (unpaired) electrons. The van der Waals surface area contributed by atoms with Gasteiger partial charge in [0.2, 0.25) is 5.78 Å². The summed E-state index contributed by atoms with van der Waals surface area (Å²) in [6.07, 6.45) is 1.59. The molecule has 0 saturated carbocycles. The molecule has 0 atom stereocenters. The maximum absolute atomic E-state index is 12.0. The van der Waals surface area contributed by atoms with Gasteiger partial charge in [-0.25, -0.2) is 0 Å². The highest BCUT2D eigenvalue weighted by atomic mass is 32.1. The number of hydrogen-bond acceptors (Lipinski definition) is 4. The van der Waals surface area contributed by atoms with Crippen molar-refractivity contribution >= 4 is 29.1 Å². The largest absolute Gasteiger partial charge is 0.398 e. The molecule has 0 aliphatic carbocycles. The fourth-order valence-electron chi connectivity index (χ4n) is 1.44. The number of nitrogens with zero attached hydrogens (tertiary/aromatic N) is 1. The minimum Gasteiger partial charge on any atom is -0.398 e. The van der Waals surface area contributed by atoms with Gasteiger partial charge in [-0.05, 0) is 12.1 Å². The van der Waals surface area contributed by atoms with Crippen LogP contribution in [0.25, 0.3) is 0 Å². The van der Waals surface area contributed by atoms with Crippen LogP contribution in [0.5, 0.6) is 0 Å². The van der Waals surface area contributed by atoms with Crippen LogP contribution in [0.1, 0.15) is 21.6 Å². The van der Waals surface area contributed by atoms with Crippen molar-refractivity contribution in [2.24, 2.45) is 0 Å². The molecule has 80 valence electrons. The highest BCUT2D eigenvalue weighted by Crippen LogP contribution is 2.17. The first-order valence-electron chi connectivity index (χ1n) is 4.62. The van der Waals surface area contributed by atoms with Crippen molar-refractivity contribution in [3.63, 3.8) is 0 Å². The van der Waals surface area contributed by atoms with E-state index in [4.69, 9.17) is 18.0 Å². The number of thiocarbonyl (C=S) groups is 1. The summed E-state index contributed by atoms with van der Waals surface area (Å²) in [6.45, 7) is 0. The molecule has 0 fully saturated rings. The lowest BCUT2D eigenvalue weighted by Gasteiger charge is -2.05. The van der Waals surface area contributed by atoms with Gasteiger partial charge in [-0.1, -0.05) is 24.4 Å². The second kappa shape index (κ2) is 4.24. The van der Waals surface area contributed by atoms with E-state index < -0.39 is 0 Å². The molecule has 0 aliphatic heterocycles. The molecule has 1 aromatic carbocycles. The number of H-pyrrole nitrogens is 1. The molecule has 0 unspecified atom stereocenters. The van der Waals surface area contributed by atoms with Crippen molar-refractivity contribution in [3.05, 3.63) is 47.3 Å². The molecule has 5 heteroatoms. The number of carbonyl (C=O) groups excluding carboxylic acids is 1. The third kappa shape index (κ3) is 1.72. The average molecular weight is 231 g/mol. The van der Waals surface area contributed by atoms with Crippen LogP contribution in [0, 0.1) is 0 Å². The maximum Gasteiger partial charge on any atom is 0.213 e. The topological polar surface area (TPSA) is 71.8 Å². The zero-order chi connectivity index (χ0) is 11.5. The summed E-state index contributed by atoms with van der Waals surface area (Å²) in [5.74, 6) is -0.190. The number of anilines is 1. The van der Waals surface area contributed by atoms with Crippen LogP contribution in [0.15, 0.2) is 30.5 Å². The van der Waals surface area contributed by atoms with E-state index in [-0.39, 0.29) is 5.78 Å². The number of rotatable bonds is 3. The molecule has 2 rings (SSSR count). The standard InChI is InChI=1S/C11H9N3OS/c12-9-3-1-2-7(8(9)6-16)11(15)10-4-5-13-14-10/h1-6H,12H2,(H,13,14). The fraction of sp³-hybridized carbons (Fsp3) is 0. The Morgan fingerprint density at radius 3 is 2.88 bits per heavy atom. The van der Waals surface area contributed by atoms with E-state index in [1.807, 2.05) is 0 Å². The summed E-state index contributed by atoms with van der Waals surface area (Å²) in [7, 11) is 0. The van der Waals surface area contributed by atoms with E-state index in [1.165, 1.54) is 5.37 Å². The van der Waals surface area contributed by atoms with E-state index >= 15 is 0 Å². The lowest BCUT2D eigenvalue weighted by atomic mass is 10.0. The van der Waals surface area contributed by atoms with Crippen LogP contribution in [0.2, 0.25) is 0 Å². The Morgan fingerprint density at radius 1 is 1.44 bits per heavy atom. The highest BCUT2D eigenvalue weighted by molar-refractivity contribution is 7.79. The number of nitrogen functional groups attached to an aromatic ring is 1. The smallest absolute Gasteiger partial charge is 0.213 e. The number of benzene rings is 1. The first-order valence-corrected chi connectivity index (χ1v) is 5.09. The van der Waals surface area contributed by atoms with Crippen molar-refractivity contribution in [2.75, 3.05) is 5.73 Å². The van der Waals surface area contributed by atoms with Crippen LogP contribution in [0.3, 0.4) is 0 Å². The SMILES string of the molecule is Nc1cccc(C(=O)c2cc[nH]n2)c1C=S. The first kappa shape index (κ1) is 10.5. The van der Waals surface area contributed by atoms with E-state index in [2.05, 4.69) is 10.2 Å². The third-order valence-electron chi connectivity index (χ3n) is 2.24. The normalized spacial score (nSPS) is 10.0. The summed E-state index contributed by atoms with van der Waals surface area (Å²) >= 11 is 4.86. The van der Waals surface area contributed by atoms with Crippen molar-refractivity contribution < 1.29 is 4.79 Å². The van der Waals surface area contributed by atoms with Gasteiger partial charge >= 0.3 is 0 Å². The number of nitrogens with one attached hydrogen (secondary N) is 1. The lowest BCUT2D eigenvalue weighted by molar-refractivity contribution is 0.103. The van der Waals surface area contributed by atoms with Crippen molar-refractivity contribution in [1.29, 1.82) is 0 Å². The Labute approximate surface area is 97.5 Å². The van der Waals surface area contributed by atoms with Gasteiger partial charge in [0.25, 0.3) is 0 Å². The number of hydrogen-bond donors (Lipinski definition) is 2. The van der Waals surface area contributed by atoms with Gasteiger partial charge < -0.3 is 5.73 Å². The second-order valence-corrected chi connectivity index (χ2v) is 3.45. The maximum atomic E-state index is 12.0. The molecular weight excluding hydrogens is 222 g/mol. The van der Waals surface area contributed by atoms with Crippen LogP contribution in [0.4, 0.5) is 5.69 Å². The second-order valence-electron chi connectivity index (χ2n) is 3.21. The average Bonchev–Trinajstić information content (AvgIpc) is 2.81. The third-order valence-corrected chi connectivity index (χ3v) is 2.47. The van der Waals surface area contributed by atoms with Crippen molar-refractivity contribution in [2.45, 2.75) is 0 Å². The lowest BCUT2D eigenvalue weighted by Crippen LogP contribution is -2.07. The molecule has 1 aromatic heterocycles.